The molecule has 114 valence electrons. The standard InChI is InChI=1S/C14H14FN5O2/c15-14-18-12(16-7-9-3-1-5-21-9)11-13(19-14)20(8-17-11)10-4-2-6-22-10/h1,3,5,8,10H,2,4,6-7H2,(H,16,18,19). The third-order valence-electron chi connectivity index (χ3n) is 3.62. The molecule has 0 aliphatic carbocycles. The summed E-state index contributed by atoms with van der Waals surface area (Å²) in [7, 11) is 0. The molecular weight excluding hydrogens is 289 g/mol. The minimum Gasteiger partial charge on any atom is -0.467 e. The van der Waals surface area contributed by atoms with E-state index in [1.807, 2.05) is 6.07 Å². The lowest BCUT2D eigenvalue weighted by Crippen LogP contribution is -2.09. The average Bonchev–Trinajstić information content (AvgIpc) is 3.24. The Morgan fingerprint density at radius 2 is 2.36 bits per heavy atom. The second-order valence-electron chi connectivity index (χ2n) is 5.07. The van der Waals surface area contributed by atoms with E-state index in [0.29, 0.717) is 30.1 Å². The maximum absolute atomic E-state index is 13.7. The lowest BCUT2D eigenvalue weighted by atomic mass is 10.3. The molecule has 0 aromatic carbocycles. The van der Waals surface area contributed by atoms with Gasteiger partial charge in [0.15, 0.2) is 17.0 Å². The number of furan rings is 1. The van der Waals surface area contributed by atoms with Crippen molar-refractivity contribution in [2.24, 2.45) is 0 Å². The van der Waals surface area contributed by atoms with E-state index in [4.69, 9.17) is 9.15 Å². The highest BCUT2D eigenvalue weighted by Gasteiger charge is 2.22. The third-order valence-corrected chi connectivity index (χ3v) is 3.62. The number of fused-ring (bicyclic) bond motifs is 1. The zero-order chi connectivity index (χ0) is 14.9. The van der Waals surface area contributed by atoms with Gasteiger partial charge in [0, 0.05) is 6.61 Å². The summed E-state index contributed by atoms with van der Waals surface area (Å²) >= 11 is 0. The average molecular weight is 303 g/mol. The van der Waals surface area contributed by atoms with Crippen LogP contribution in [0, 0.1) is 6.08 Å². The summed E-state index contributed by atoms with van der Waals surface area (Å²) in [5, 5.41) is 3.03. The van der Waals surface area contributed by atoms with Crippen LogP contribution in [0.2, 0.25) is 0 Å². The van der Waals surface area contributed by atoms with Gasteiger partial charge < -0.3 is 14.5 Å². The van der Waals surface area contributed by atoms with Crippen molar-refractivity contribution in [3.05, 3.63) is 36.6 Å². The van der Waals surface area contributed by atoms with E-state index >= 15 is 0 Å². The lowest BCUT2D eigenvalue weighted by molar-refractivity contribution is 0.0592. The second-order valence-corrected chi connectivity index (χ2v) is 5.07. The topological polar surface area (TPSA) is 78.0 Å². The van der Waals surface area contributed by atoms with E-state index in [0.717, 1.165) is 18.6 Å². The highest BCUT2D eigenvalue weighted by molar-refractivity contribution is 5.82. The maximum atomic E-state index is 13.7. The predicted octanol–water partition coefficient (Wildman–Crippen LogP) is 2.48. The molecule has 0 saturated carbocycles. The van der Waals surface area contributed by atoms with Crippen LogP contribution in [-0.2, 0) is 11.3 Å². The zero-order valence-electron chi connectivity index (χ0n) is 11.7. The number of anilines is 1. The fourth-order valence-corrected chi connectivity index (χ4v) is 2.59. The number of hydrogen-bond acceptors (Lipinski definition) is 6. The lowest BCUT2D eigenvalue weighted by Gasteiger charge is -2.11. The van der Waals surface area contributed by atoms with Crippen LogP contribution in [-0.4, -0.2) is 26.1 Å². The summed E-state index contributed by atoms with van der Waals surface area (Å²) in [5.74, 6) is 1.07. The van der Waals surface area contributed by atoms with Gasteiger partial charge in [-0.3, -0.25) is 4.57 Å². The summed E-state index contributed by atoms with van der Waals surface area (Å²) in [5.41, 5.74) is 0.949. The van der Waals surface area contributed by atoms with Crippen molar-refractivity contribution in [2.75, 3.05) is 11.9 Å². The number of rotatable bonds is 4. The van der Waals surface area contributed by atoms with Crippen LogP contribution in [0.5, 0.6) is 0 Å². The fraction of sp³-hybridized carbons (Fsp3) is 0.357. The van der Waals surface area contributed by atoms with Crippen LogP contribution in [0.1, 0.15) is 24.8 Å². The Bertz CT molecular complexity index is 780. The predicted molar refractivity (Wildman–Crippen MR) is 75.5 cm³/mol. The number of imidazole rings is 1. The number of hydrogen-bond donors (Lipinski definition) is 1. The smallest absolute Gasteiger partial charge is 0.312 e. The number of halogens is 1. The Hall–Kier alpha value is -2.48. The van der Waals surface area contributed by atoms with Gasteiger partial charge in [-0.15, -0.1) is 0 Å². The van der Waals surface area contributed by atoms with Crippen molar-refractivity contribution < 1.29 is 13.5 Å². The van der Waals surface area contributed by atoms with E-state index in [-0.39, 0.29) is 6.23 Å². The minimum atomic E-state index is -0.797. The van der Waals surface area contributed by atoms with Crippen molar-refractivity contribution in [3.63, 3.8) is 0 Å². The first-order valence-electron chi connectivity index (χ1n) is 7.09. The van der Waals surface area contributed by atoms with Gasteiger partial charge >= 0.3 is 6.08 Å². The van der Waals surface area contributed by atoms with E-state index in [1.165, 1.54) is 0 Å². The molecule has 1 fully saturated rings. The summed E-state index contributed by atoms with van der Waals surface area (Å²) < 4.78 is 26.3. The minimum absolute atomic E-state index is 0.141. The SMILES string of the molecule is Fc1nc(NCc2ccco2)c2ncn(C3CCCO3)c2n1. The van der Waals surface area contributed by atoms with Crippen molar-refractivity contribution in [1.29, 1.82) is 0 Å². The molecule has 3 aromatic heterocycles. The van der Waals surface area contributed by atoms with Gasteiger partial charge in [0.2, 0.25) is 0 Å². The molecule has 0 bridgehead atoms. The van der Waals surface area contributed by atoms with Gasteiger partial charge in [-0.2, -0.15) is 14.4 Å². The number of nitrogens with one attached hydrogen (secondary N) is 1. The Kier molecular flexibility index (Phi) is 3.23. The highest BCUT2D eigenvalue weighted by Crippen LogP contribution is 2.28. The molecule has 22 heavy (non-hydrogen) atoms. The molecular formula is C14H14FN5O2. The summed E-state index contributed by atoms with van der Waals surface area (Å²) in [4.78, 5) is 12.0. The van der Waals surface area contributed by atoms with Crippen LogP contribution < -0.4 is 5.32 Å². The van der Waals surface area contributed by atoms with Crippen molar-refractivity contribution in [1.82, 2.24) is 19.5 Å². The van der Waals surface area contributed by atoms with Gasteiger partial charge in [0.1, 0.15) is 12.0 Å². The molecule has 1 unspecified atom stereocenters. The fourth-order valence-electron chi connectivity index (χ4n) is 2.59. The molecule has 4 rings (SSSR count). The molecule has 7 nitrogen and oxygen atoms in total. The molecule has 1 aliphatic rings. The molecule has 8 heteroatoms. The first-order valence-corrected chi connectivity index (χ1v) is 7.09. The largest absolute Gasteiger partial charge is 0.467 e. The Labute approximate surface area is 125 Å². The Morgan fingerprint density at radius 3 is 3.14 bits per heavy atom. The van der Waals surface area contributed by atoms with Crippen molar-refractivity contribution in [3.8, 4) is 0 Å². The molecule has 1 atom stereocenters. The quantitative estimate of drug-likeness (QED) is 0.746. The highest BCUT2D eigenvalue weighted by atomic mass is 19.1. The van der Waals surface area contributed by atoms with Crippen molar-refractivity contribution >= 4 is 17.0 Å². The van der Waals surface area contributed by atoms with Crippen LogP contribution in [0.4, 0.5) is 10.2 Å². The summed E-state index contributed by atoms with van der Waals surface area (Å²) in [6.45, 7) is 1.09. The molecule has 0 amide bonds. The number of ether oxygens (including phenoxy) is 1. The van der Waals surface area contributed by atoms with Gasteiger partial charge in [-0.25, -0.2) is 4.98 Å². The molecule has 3 aromatic rings. The zero-order valence-corrected chi connectivity index (χ0v) is 11.7. The third kappa shape index (κ3) is 2.31. The van der Waals surface area contributed by atoms with Gasteiger partial charge in [-0.05, 0) is 25.0 Å². The summed E-state index contributed by atoms with van der Waals surface area (Å²) in [6.07, 6.45) is 4.10. The Balaban J connectivity index is 1.68. The first kappa shape index (κ1) is 13.2. The van der Waals surface area contributed by atoms with E-state index in [1.54, 1.807) is 23.2 Å². The van der Waals surface area contributed by atoms with Crippen LogP contribution >= 0.6 is 0 Å². The van der Waals surface area contributed by atoms with E-state index in [9.17, 15) is 4.39 Å². The van der Waals surface area contributed by atoms with Crippen LogP contribution in [0.3, 0.4) is 0 Å². The summed E-state index contributed by atoms with van der Waals surface area (Å²) in [6, 6.07) is 3.62. The molecule has 0 radical (unpaired) electrons. The number of aromatic nitrogens is 4. The van der Waals surface area contributed by atoms with Gasteiger partial charge in [-0.1, -0.05) is 0 Å². The maximum Gasteiger partial charge on any atom is 0.312 e. The van der Waals surface area contributed by atoms with E-state index < -0.39 is 6.08 Å². The molecule has 1 saturated heterocycles. The molecule has 1 N–H and O–H groups in total. The first-order chi connectivity index (χ1) is 10.8. The number of nitrogens with zero attached hydrogens (tertiary/aromatic N) is 4. The van der Waals surface area contributed by atoms with E-state index in [2.05, 4.69) is 20.3 Å². The molecule has 4 heterocycles. The van der Waals surface area contributed by atoms with Gasteiger partial charge in [0.05, 0.1) is 19.1 Å². The monoisotopic (exact) mass is 303 g/mol. The van der Waals surface area contributed by atoms with Crippen molar-refractivity contribution in [2.45, 2.75) is 25.6 Å². The normalized spacial score (nSPS) is 18.1. The van der Waals surface area contributed by atoms with Crippen LogP contribution in [0.15, 0.2) is 29.1 Å². The Morgan fingerprint density at radius 1 is 1.41 bits per heavy atom. The molecule has 0 spiro atoms. The molecule has 1 aliphatic heterocycles. The van der Waals surface area contributed by atoms with Crippen LogP contribution in [0.25, 0.3) is 11.2 Å². The second kappa shape index (κ2) is 5.38. The van der Waals surface area contributed by atoms with Gasteiger partial charge in [0.25, 0.3) is 0 Å².